The third-order valence-electron chi connectivity index (χ3n) is 5.27. The predicted molar refractivity (Wildman–Crippen MR) is 120 cm³/mol. The summed E-state index contributed by atoms with van der Waals surface area (Å²) in [7, 11) is 0. The number of benzene rings is 1. The van der Waals surface area contributed by atoms with E-state index in [1.165, 1.54) is 11.3 Å². The number of hydrogen-bond donors (Lipinski definition) is 1. The highest BCUT2D eigenvalue weighted by molar-refractivity contribution is 7.17. The Morgan fingerprint density at radius 1 is 1.20 bits per heavy atom. The molecule has 1 aliphatic carbocycles. The molecule has 0 saturated carbocycles. The molecule has 0 aliphatic heterocycles. The number of nitrogens with one attached hydrogen (secondary N) is 1. The molecule has 156 valence electrons. The number of ether oxygens (including phenoxy) is 1. The molecule has 1 aromatic carbocycles. The van der Waals surface area contributed by atoms with E-state index in [1.54, 1.807) is 13.0 Å². The molecule has 1 N–H and O–H groups in total. The zero-order valence-electron chi connectivity index (χ0n) is 17.8. The predicted octanol–water partition coefficient (Wildman–Crippen LogP) is 5.27. The van der Waals surface area contributed by atoms with Crippen molar-refractivity contribution in [2.75, 3.05) is 11.9 Å². The molecule has 0 radical (unpaired) electrons. The standard InChI is InChI=1S/C24H26N2O3S/c1-5-29-24(28)21-18-8-6-7-9-20(18)30-23(21)26-22(27)17(13-25)12-19-15(3)10-14(2)11-16(19)4/h10-12H,5-9H2,1-4H3,(H,26,27). The van der Waals surface area contributed by atoms with E-state index in [1.807, 2.05) is 39.0 Å². The van der Waals surface area contributed by atoms with Gasteiger partial charge < -0.3 is 10.1 Å². The normalized spacial score (nSPS) is 13.4. The molecule has 0 fully saturated rings. The van der Waals surface area contributed by atoms with Crippen LogP contribution in [0.4, 0.5) is 5.00 Å². The number of anilines is 1. The first-order chi connectivity index (χ1) is 14.3. The van der Waals surface area contributed by atoms with Crippen molar-refractivity contribution >= 4 is 34.3 Å². The van der Waals surface area contributed by atoms with E-state index < -0.39 is 11.9 Å². The minimum absolute atomic E-state index is 0.00577. The average molecular weight is 423 g/mol. The van der Waals surface area contributed by atoms with Crippen LogP contribution in [-0.4, -0.2) is 18.5 Å². The zero-order valence-corrected chi connectivity index (χ0v) is 18.7. The van der Waals surface area contributed by atoms with E-state index in [0.717, 1.165) is 58.4 Å². The summed E-state index contributed by atoms with van der Waals surface area (Å²) in [5.41, 5.74) is 5.44. The Morgan fingerprint density at radius 3 is 2.50 bits per heavy atom. The number of carbonyl (C=O) groups is 2. The molecule has 0 saturated heterocycles. The monoisotopic (exact) mass is 422 g/mol. The fraction of sp³-hybridized carbons (Fsp3) is 0.375. The largest absolute Gasteiger partial charge is 0.462 e. The molecular formula is C24H26N2O3S. The van der Waals surface area contributed by atoms with Crippen LogP contribution < -0.4 is 5.32 Å². The van der Waals surface area contributed by atoms with Gasteiger partial charge in [0.1, 0.15) is 16.6 Å². The van der Waals surface area contributed by atoms with E-state index in [2.05, 4.69) is 5.32 Å². The van der Waals surface area contributed by atoms with Crippen LogP contribution in [0.15, 0.2) is 17.7 Å². The van der Waals surface area contributed by atoms with Gasteiger partial charge in [0.15, 0.2) is 0 Å². The Kier molecular flexibility index (Phi) is 6.73. The SMILES string of the molecule is CCOC(=O)c1c(NC(=O)C(C#N)=Cc2c(C)cc(C)cc2C)sc2c1CCCC2. The Morgan fingerprint density at radius 2 is 1.87 bits per heavy atom. The molecule has 0 atom stereocenters. The number of aryl methyl sites for hydroxylation is 4. The lowest BCUT2D eigenvalue weighted by atomic mass is 9.95. The van der Waals surface area contributed by atoms with Crippen LogP contribution in [0.1, 0.15) is 62.8 Å². The highest BCUT2D eigenvalue weighted by atomic mass is 32.1. The second-order valence-electron chi connectivity index (χ2n) is 7.57. The molecule has 0 bridgehead atoms. The number of carbonyl (C=O) groups excluding carboxylic acids is 2. The van der Waals surface area contributed by atoms with Gasteiger partial charge in [0, 0.05) is 4.88 Å². The van der Waals surface area contributed by atoms with E-state index in [-0.39, 0.29) is 12.2 Å². The summed E-state index contributed by atoms with van der Waals surface area (Å²) in [5, 5.41) is 12.9. The first-order valence-corrected chi connectivity index (χ1v) is 11.0. The van der Waals surface area contributed by atoms with Gasteiger partial charge in [-0.15, -0.1) is 11.3 Å². The maximum Gasteiger partial charge on any atom is 0.341 e. The first-order valence-electron chi connectivity index (χ1n) is 10.2. The number of thiophene rings is 1. The van der Waals surface area contributed by atoms with E-state index in [4.69, 9.17) is 4.74 Å². The second-order valence-corrected chi connectivity index (χ2v) is 8.68. The van der Waals surface area contributed by atoms with Crippen LogP contribution in [0.3, 0.4) is 0 Å². The molecule has 1 heterocycles. The van der Waals surface area contributed by atoms with Gasteiger partial charge in [0.25, 0.3) is 5.91 Å². The maximum atomic E-state index is 12.9. The Labute approximate surface area is 181 Å². The molecule has 30 heavy (non-hydrogen) atoms. The summed E-state index contributed by atoms with van der Waals surface area (Å²) < 4.78 is 5.24. The summed E-state index contributed by atoms with van der Waals surface area (Å²) >= 11 is 1.42. The van der Waals surface area contributed by atoms with Crippen LogP contribution in [0.25, 0.3) is 6.08 Å². The Balaban J connectivity index is 1.96. The second kappa shape index (κ2) is 9.27. The van der Waals surface area contributed by atoms with E-state index in [9.17, 15) is 14.9 Å². The fourth-order valence-electron chi connectivity index (χ4n) is 3.96. The Hall–Kier alpha value is -2.91. The molecule has 0 spiro atoms. The molecule has 5 nitrogen and oxygen atoms in total. The summed E-state index contributed by atoms with van der Waals surface area (Å²) in [6.45, 7) is 7.97. The van der Waals surface area contributed by atoms with Gasteiger partial charge in [-0.2, -0.15) is 5.26 Å². The van der Waals surface area contributed by atoms with Gasteiger partial charge in [-0.3, -0.25) is 4.79 Å². The van der Waals surface area contributed by atoms with Crippen molar-refractivity contribution in [3.05, 3.63) is 56.0 Å². The highest BCUT2D eigenvalue weighted by Gasteiger charge is 2.27. The topological polar surface area (TPSA) is 79.2 Å². The van der Waals surface area contributed by atoms with Gasteiger partial charge in [-0.05, 0) is 81.7 Å². The minimum atomic E-state index is -0.513. The third-order valence-corrected chi connectivity index (χ3v) is 6.48. The molecular weight excluding hydrogens is 396 g/mol. The van der Waals surface area contributed by atoms with Crippen molar-refractivity contribution in [2.45, 2.75) is 53.4 Å². The summed E-state index contributed by atoms with van der Waals surface area (Å²) in [6, 6.07) is 6.06. The molecule has 1 aromatic heterocycles. The van der Waals surface area contributed by atoms with Crippen molar-refractivity contribution in [1.82, 2.24) is 0 Å². The molecule has 6 heteroatoms. The fourth-order valence-corrected chi connectivity index (χ4v) is 5.23. The minimum Gasteiger partial charge on any atom is -0.462 e. The lowest BCUT2D eigenvalue weighted by Crippen LogP contribution is -2.16. The number of fused-ring (bicyclic) bond motifs is 1. The quantitative estimate of drug-likeness (QED) is 0.404. The van der Waals surface area contributed by atoms with E-state index >= 15 is 0 Å². The van der Waals surface area contributed by atoms with Crippen LogP contribution in [0.2, 0.25) is 0 Å². The van der Waals surface area contributed by atoms with Crippen LogP contribution >= 0.6 is 11.3 Å². The first kappa shape index (κ1) is 21.8. The number of esters is 1. The lowest BCUT2D eigenvalue weighted by molar-refractivity contribution is -0.112. The summed E-state index contributed by atoms with van der Waals surface area (Å²) in [5.74, 6) is -0.930. The zero-order chi connectivity index (χ0) is 21.8. The van der Waals surface area contributed by atoms with Crippen molar-refractivity contribution in [3.63, 3.8) is 0 Å². The number of nitrogens with zero attached hydrogens (tertiary/aromatic N) is 1. The number of rotatable bonds is 5. The average Bonchev–Trinajstić information content (AvgIpc) is 3.05. The molecule has 0 unspecified atom stereocenters. The van der Waals surface area contributed by atoms with Crippen molar-refractivity contribution in [1.29, 1.82) is 5.26 Å². The van der Waals surface area contributed by atoms with E-state index in [0.29, 0.717) is 10.6 Å². The van der Waals surface area contributed by atoms with Gasteiger partial charge in [-0.1, -0.05) is 17.7 Å². The molecule has 1 amide bonds. The van der Waals surface area contributed by atoms with Crippen molar-refractivity contribution in [2.24, 2.45) is 0 Å². The maximum absolute atomic E-state index is 12.9. The number of amides is 1. The van der Waals surface area contributed by atoms with Gasteiger partial charge >= 0.3 is 5.97 Å². The van der Waals surface area contributed by atoms with Crippen LogP contribution in [0.5, 0.6) is 0 Å². The number of hydrogen-bond acceptors (Lipinski definition) is 5. The van der Waals surface area contributed by atoms with Gasteiger partial charge in [-0.25, -0.2) is 4.79 Å². The highest BCUT2D eigenvalue weighted by Crippen LogP contribution is 2.38. The molecule has 2 aromatic rings. The Bertz CT molecular complexity index is 1050. The van der Waals surface area contributed by atoms with Crippen LogP contribution in [0, 0.1) is 32.1 Å². The lowest BCUT2D eigenvalue weighted by Gasteiger charge is -2.12. The van der Waals surface area contributed by atoms with Gasteiger partial charge in [0.2, 0.25) is 0 Å². The summed E-state index contributed by atoms with van der Waals surface area (Å²) in [4.78, 5) is 26.6. The molecule has 3 rings (SSSR count). The van der Waals surface area contributed by atoms with Crippen LogP contribution in [-0.2, 0) is 22.4 Å². The molecule has 1 aliphatic rings. The van der Waals surface area contributed by atoms with Gasteiger partial charge in [0.05, 0.1) is 12.2 Å². The van der Waals surface area contributed by atoms with Crippen molar-refractivity contribution in [3.8, 4) is 6.07 Å². The summed E-state index contributed by atoms with van der Waals surface area (Å²) in [6.07, 6.45) is 5.40. The van der Waals surface area contributed by atoms with Crippen molar-refractivity contribution < 1.29 is 14.3 Å². The third kappa shape index (κ3) is 4.47. The smallest absolute Gasteiger partial charge is 0.341 e. The number of nitriles is 1.